The molecule has 0 aromatic carbocycles. The quantitative estimate of drug-likeness (QED) is 0.483. The van der Waals surface area contributed by atoms with Gasteiger partial charge in [0.1, 0.15) is 0 Å². The van der Waals surface area contributed by atoms with Gasteiger partial charge in [-0.1, -0.05) is 65.7 Å². The number of hydrogen-bond donors (Lipinski definition) is 0. The standard InChI is InChI=1S/C11H23/c1-4-7-8-9-10-11(5-2)6-3/h11H,2,4-10H2,1,3H3. The third-order valence-electron chi connectivity index (χ3n) is 2.45. The minimum absolute atomic E-state index is 0.895. The number of unbranched alkanes of at least 4 members (excludes halogenated alkanes) is 3. The van der Waals surface area contributed by atoms with Gasteiger partial charge in [0, 0.05) is 0 Å². The molecule has 0 saturated heterocycles. The Hall–Kier alpha value is 0. The van der Waals surface area contributed by atoms with Gasteiger partial charge in [-0.15, -0.1) is 0 Å². The Kier molecular flexibility index (Phi) is 8.10. The average Bonchev–Trinajstić information content (AvgIpc) is 2.05. The minimum atomic E-state index is 0.895. The molecule has 0 heterocycles. The van der Waals surface area contributed by atoms with Crippen LogP contribution in [0.2, 0.25) is 0 Å². The molecule has 0 saturated carbocycles. The molecule has 0 aliphatic rings. The van der Waals surface area contributed by atoms with E-state index in [2.05, 4.69) is 20.8 Å². The molecular weight excluding hydrogens is 132 g/mol. The van der Waals surface area contributed by atoms with Gasteiger partial charge in [-0.3, -0.25) is 0 Å². The highest BCUT2D eigenvalue weighted by molar-refractivity contribution is 4.58. The number of rotatable bonds is 7. The third-order valence-corrected chi connectivity index (χ3v) is 2.45. The van der Waals surface area contributed by atoms with Crippen LogP contribution in [0.4, 0.5) is 0 Å². The van der Waals surface area contributed by atoms with E-state index in [1.807, 2.05) is 0 Å². The molecular formula is C11H23. The molecule has 0 aliphatic heterocycles. The van der Waals surface area contributed by atoms with Gasteiger partial charge in [0.25, 0.3) is 0 Å². The van der Waals surface area contributed by atoms with Gasteiger partial charge in [0.05, 0.1) is 0 Å². The van der Waals surface area contributed by atoms with Crippen LogP contribution >= 0.6 is 0 Å². The Morgan fingerprint density at radius 3 is 2.27 bits per heavy atom. The highest BCUT2D eigenvalue weighted by Crippen LogP contribution is 2.16. The van der Waals surface area contributed by atoms with Crippen LogP contribution < -0.4 is 0 Å². The molecule has 0 N–H and O–H groups in total. The molecule has 0 bridgehead atoms. The van der Waals surface area contributed by atoms with Crippen molar-refractivity contribution in [3.8, 4) is 0 Å². The van der Waals surface area contributed by atoms with Crippen molar-refractivity contribution in [2.24, 2.45) is 5.92 Å². The van der Waals surface area contributed by atoms with Gasteiger partial charge >= 0.3 is 0 Å². The Morgan fingerprint density at radius 1 is 1.09 bits per heavy atom. The summed E-state index contributed by atoms with van der Waals surface area (Å²) in [5.41, 5.74) is 0. The van der Waals surface area contributed by atoms with E-state index < -0.39 is 0 Å². The summed E-state index contributed by atoms with van der Waals surface area (Å²) in [4.78, 5) is 0. The van der Waals surface area contributed by atoms with Gasteiger partial charge in [-0.05, 0) is 5.92 Å². The fourth-order valence-corrected chi connectivity index (χ4v) is 1.41. The summed E-state index contributed by atoms with van der Waals surface area (Å²) in [7, 11) is 0. The molecule has 11 heavy (non-hydrogen) atoms. The van der Waals surface area contributed by atoms with Crippen molar-refractivity contribution in [3.05, 3.63) is 6.92 Å². The van der Waals surface area contributed by atoms with Gasteiger partial charge in [-0.2, -0.15) is 0 Å². The highest BCUT2D eigenvalue weighted by Gasteiger charge is 2.01. The zero-order valence-electron chi connectivity index (χ0n) is 8.23. The molecule has 1 unspecified atom stereocenters. The first-order valence-electron chi connectivity index (χ1n) is 5.14. The van der Waals surface area contributed by atoms with Crippen molar-refractivity contribution >= 4 is 0 Å². The normalized spacial score (nSPS) is 10.9. The molecule has 0 amide bonds. The molecule has 0 spiro atoms. The number of hydrogen-bond acceptors (Lipinski definition) is 0. The second-order valence-electron chi connectivity index (χ2n) is 3.41. The summed E-state index contributed by atoms with van der Waals surface area (Å²) in [5, 5.41) is 0. The van der Waals surface area contributed by atoms with Gasteiger partial charge in [-0.25, -0.2) is 0 Å². The Balaban J connectivity index is 3.07. The average molecular weight is 155 g/mol. The summed E-state index contributed by atoms with van der Waals surface area (Å²) in [5.74, 6) is 0.895. The van der Waals surface area contributed by atoms with Crippen LogP contribution in [-0.4, -0.2) is 0 Å². The topological polar surface area (TPSA) is 0 Å². The third kappa shape index (κ3) is 6.40. The molecule has 0 aromatic rings. The first kappa shape index (κ1) is 11.0. The SMILES string of the molecule is [CH2]CC(CC)CCCCCC. The Bertz CT molecular complexity index is 62.4. The minimum Gasteiger partial charge on any atom is -0.0654 e. The largest absolute Gasteiger partial charge is 0.0654 e. The predicted molar refractivity (Wildman–Crippen MR) is 52.5 cm³/mol. The van der Waals surface area contributed by atoms with Crippen molar-refractivity contribution in [2.75, 3.05) is 0 Å². The fourth-order valence-electron chi connectivity index (χ4n) is 1.41. The van der Waals surface area contributed by atoms with E-state index in [4.69, 9.17) is 0 Å². The van der Waals surface area contributed by atoms with Crippen LogP contribution in [0, 0.1) is 12.8 Å². The van der Waals surface area contributed by atoms with Gasteiger partial charge < -0.3 is 0 Å². The smallest absolute Gasteiger partial charge is 0.0417 e. The lowest BCUT2D eigenvalue weighted by Gasteiger charge is -2.10. The maximum absolute atomic E-state index is 3.96. The van der Waals surface area contributed by atoms with Crippen molar-refractivity contribution in [2.45, 2.75) is 58.8 Å². The van der Waals surface area contributed by atoms with Crippen LogP contribution in [0.25, 0.3) is 0 Å². The summed E-state index contributed by atoms with van der Waals surface area (Å²) in [6.07, 6.45) is 9.45. The van der Waals surface area contributed by atoms with Crippen LogP contribution in [0.3, 0.4) is 0 Å². The zero-order chi connectivity index (χ0) is 8.53. The summed E-state index contributed by atoms with van der Waals surface area (Å²) < 4.78 is 0. The van der Waals surface area contributed by atoms with E-state index in [1.54, 1.807) is 0 Å². The molecule has 0 fully saturated rings. The van der Waals surface area contributed by atoms with Crippen molar-refractivity contribution < 1.29 is 0 Å². The van der Waals surface area contributed by atoms with Crippen LogP contribution in [0.5, 0.6) is 0 Å². The summed E-state index contributed by atoms with van der Waals surface area (Å²) >= 11 is 0. The van der Waals surface area contributed by atoms with Crippen molar-refractivity contribution in [1.29, 1.82) is 0 Å². The molecule has 1 atom stereocenters. The molecule has 0 rings (SSSR count). The van der Waals surface area contributed by atoms with Crippen LogP contribution in [0.1, 0.15) is 58.8 Å². The Morgan fingerprint density at radius 2 is 1.82 bits per heavy atom. The zero-order valence-corrected chi connectivity index (χ0v) is 8.23. The molecule has 67 valence electrons. The fraction of sp³-hybridized carbons (Fsp3) is 0.909. The maximum atomic E-state index is 3.96. The lowest BCUT2D eigenvalue weighted by Crippen LogP contribution is -1.96. The van der Waals surface area contributed by atoms with Crippen LogP contribution in [-0.2, 0) is 0 Å². The molecule has 0 nitrogen and oxygen atoms in total. The second-order valence-corrected chi connectivity index (χ2v) is 3.41. The van der Waals surface area contributed by atoms with E-state index in [9.17, 15) is 0 Å². The predicted octanol–water partition coefficient (Wildman–Crippen LogP) is 4.21. The lowest BCUT2D eigenvalue weighted by atomic mass is 9.96. The first-order valence-corrected chi connectivity index (χ1v) is 5.14. The summed E-state index contributed by atoms with van der Waals surface area (Å²) in [6.45, 7) is 8.49. The van der Waals surface area contributed by atoms with Crippen molar-refractivity contribution in [1.82, 2.24) is 0 Å². The van der Waals surface area contributed by atoms with E-state index in [0.29, 0.717) is 0 Å². The second kappa shape index (κ2) is 8.10. The van der Waals surface area contributed by atoms with E-state index in [0.717, 1.165) is 12.3 Å². The monoisotopic (exact) mass is 155 g/mol. The van der Waals surface area contributed by atoms with E-state index >= 15 is 0 Å². The molecule has 0 aliphatic carbocycles. The first-order chi connectivity index (χ1) is 5.35. The molecule has 0 heteroatoms. The maximum Gasteiger partial charge on any atom is -0.0417 e. The van der Waals surface area contributed by atoms with Crippen LogP contribution in [0.15, 0.2) is 0 Å². The highest BCUT2D eigenvalue weighted by atomic mass is 14.1. The van der Waals surface area contributed by atoms with Gasteiger partial charge in [0.15, 0.2) is 0 Å². The molecule has 0 aromatic heterocycles. The van der Waals surface area contributed by atoms with Crippen molar-refractivity contribution in [3.63, 3.8) is 0 Å². The summed E-state index contributed by atoms with van der Waals surface area (Å²) in [6, 6.07) is 0. The molecule has 1 radical (unpaired) electrons. The van der Waals surface area contributed by atoms with E-state index in [-0.39, 0.29) is 0 Å². The lowest BCUT2D eigenvalue weighted by molar-refractivity contribution is 0.444. The van der Waals surface area contributed by atoms with E-state index in [1.165, 1.54) is 38.5 Å². The Labute approximate surface area is 72.4 Å². The van der Waals surface area contributed by atoms with Gasteiger partial charge in [0.2, 0.25) is 0 Å².